The van der Waals surface area contributed by atoms with Gasteiger partial charge < -0.3 is 5.32 Å². The van der Waals surface area contributed by atoms with Gasteiger partial charge in [-0.2, -0.15) is 5.10 Å². The third-order valence-electron chi connectivity index (χ3n) is 3.37. The van der Waals surface area contributed by atoms with Gasteiger partial charge in [0, 0.05) is 36.2 Å². The highest BCUT2D eigenvalue weighted by Crippen LogP contribution is 2.18. The lowest BCUT2D eigenvalue weighted by Crippen LogP contribution is -2.21. The standard InChI is InChI=1S/C16H24N4/c1-3-11-20-13-14(12-19-20)16(17-4-2)9-8-15-7-5-6-10-18-15/h5-7,10,12-13,16-17H,3-4,8-9,11H2,1-2H3. The van der Waals surface area contributed by atoms with Crippen LogP contribution in [0.15, 0.2) is 36.8 Å². The Morgan fingerprint density at radius 1 is 1.30 bits per heavy atom. The summed E-state index contributed by atoms with van der Waals surface area (Å²) in [5.74, 6) is 0. The molecular formula is C16H24N4. The summed E-state index contributed by atoms with van der Waals surface area (Å²) in [5.41, 5.74) is 2.42. The van der Waals surface area contributed by atoms with Gasteiger partial charge >= 0.3 is 0 Å². The van der Waals surface area contributed by atoms with Crippen molar-refractivity contribution in [2.45, 2.75) is 45.7 Å². The Hall–Kier alpha value is -1.68. The molecule has 1 N–H and O–H groups in total. The lowest BCUT2D eigenvalue weighted by Gasteiger charge is -2.16. The fraction of sp³-hybridized carbons (Fsp3) is 0.500. The smallest absolute Gasteiger partial charge is 0.0537 e. The molecule has 0 saturated heterocycles. The van der Waals surface area contributed by atoms with E-state index in [0.717, 1.165) is 38.0 Å². The molecule has 4 nitrogen and oxygen atoms in total. The van der Waals surface area contributed by atoms with Crippen molar-refractivity contribution in [2.24, 2.45) is 0 Å². The maximum absolute atomic E-state index is 4.43. The lowest BCUT2D eigenvalue weighted by molar-refractivity contribution is 0.511. The van der Waals surface area contributed by atoms with Crippen LogP contribution in [0.1, 0.15) is 44.0 Å². The van der Waals surface area contributed by atoms with Crippen molar-refractivity contribution in [3.63, 3.8) is 0 Å². The molecule has 2 aromatic rings. The molecule has 0 bridgehead atoms. The summed E-state index contributed by atoms with van der Waals surface area (Å²) >= 11 is 0. The predicted octanol–water partition coefficient (Wildman–Crippen LogP) is 2.97. The van der Waals surface area contributed by atoms with Gasteiger partial charge in [-0.05, 0) is 37.9 Å². The number of hydrogen-bond acceptors (Lipinski definition) is 3. The molecule has 1 atom stereocenters. The normalized spacial score (nSPS) is 12.5. The fourth-order valence-corrected chi connectivity index (χ4v) is 2.38. The van der Waals surface area contributed by atoms with E-state index in [4.69, 9.17) is 0 Å². The second-order valence-corrected chi connectivity index (χ2v) is 5.01. The number of hydrogen-bond donors (Lipinski definition) is 1. The molecule has 0 radical (unpaired) electrons. The zero-order valence-corrected chi connectivity index (χ0v) is 12.4. The van der Waals surface area contributed by atoms with E-state index in [0.29, 0.717) is 6.04 Å². The van der Waals surface area contributed by atoms with Crippen LogP contribution in [0.4, 0.5) is 0 Å². The molecule has 0 amide bonds. The summed E-state index contributed by atoms with van der Waals surface area (Å²) in [6.07, 6.45) is 9.15. The van der Waals surface area contributed by atoms with E-state index >= 15 is 0 Å². The van der Waals surface area contributed by atoms with Crippen molar-refractivity contribution in [3.8, 4) is 0 Å². The van der Waals surface area contributed by atoms with E-state index in [1.54, 1.807) is 0 Å². The zero-order valence-electron chi connectivity index (χ0n) is 12.4. The van der Waals surface area contributed by atoms with Crippen LogP contribution in [0.2, 0.25) is 0 Å². The lowest BCUT2D eigenvalue weighted by atomic mass is 10.0. The maximum Gasteiger partial charge on any atom is 0.0537 e. The minimum Gasteiger partial charge on any atom is -0.310 e. The van der Waals surface area contributed by atoms with Gasteiger partial charge in [-0.3, -0.25) is 9.67 Å². The van der Waals surface area contributed by atoms with Crippen LogP contribution in [0.25, 0.3) is 0 Å². The van der Waals surface area contributed by atoms with E-state index in [1.807, 2.05) is 29.2 Å². The zero-order chi connectivity index (χ0) is 14.2. The maximum atomic E-state index is 4.43. The van der Waals surface area contributed by atoms with Crippen LogP contribution in [0.5, 0.6) is 0 Å². The SMILES string of the molecule is CCCn1cc(C(CCc2ccccn2)NCC)cn1. The Kier molecular flexibility index (Phi) is 5.74. The van der Waals surface area contributed by atoms with Gasteiger partial charge in [0.2, 0.25) is 0 Å². The van der Waals surface area contributed by atoms with Crippen LogP contribution in [-0.4, -0.2) is 21.3 Å². The van der Waals surface area contributed by atoms with Gasteiger partial charge in [-0.1, -0.05) is 19.9 Å². The van der Waals surface area contributed by atoms with Crippen molar-refractivity contribution < 1.29 is 0 Å². The first-order valence-corrected chi connectivity index (χ1v) is 7.49. The highest BCUT2D eigenvalue weighted by molar-refractivity contribution is 5.12. The third-order valence-corrected chi connectivity index (χ3v) is 3.37. The summed E-state index contributed by atoms with van der Waals surface area (Å²) < 4.78 is 2.03. The minimum atomic E-state index is 0.354. The van der Waals surface area contributed by atoms with Crippen LogP contribution in [0, 0.1) is 0 Å². The van der Waals surface area contributed by atoms with Crippen LogP contribution < -0.4 is 5.32 Å². The molecule has 108 valence electrons. The Morgan fingerprint density at radius 3 is 2.90 bits per heavy atom. The fourth-order valence-electron chi connectivity index (χ4n) is 2.38. The van der Waals surface area contributed by atoms with E-state index in [-0.39, 0.29) is 0 Å². The van der Waals surface area contributed by atoms with Gasteiger partial charge in [0.1, 0.15) is 0 Å². The molecule has 0 aliphatic rings. The molecule has 4 heteroatoms. The van der Waals surface area contributed by atoms with Crippen molar-refractivity contribution >= 4 is 0 Å². The molecule has 0 aliphatic carbocycles. The Labute approximate surface area is 121 Å². The van der Waals surface area contributed by atoms with E-state index in [1.165, 1.54) is 5.56 Å². The molecule has 20 heavy (non-hydrogen) atoms. The quantitative estimate of drug-likeness (QED) is 0.803. The summed E-state index contributed by atoms with van der Waals surface area (Å²) in [4.78, 5) is 4.39. The van der Waals surface area contributed by atoms with Crippen LogP contribution >= 0.6 is 0 Å². The topological polar surface area (TPSA) is 42.7 Å². The first-order chi connectivity index (χ1) is 9.83. The Morgan fingerprint density at radius 2 is 2.20 bits per heavy atom. The summed E-state index contributed by atoms with van der Waals surface area (Å²) in [5, 5.41) is 7.97. The van der Waals surface area contributed by atoms with Gasteiger partial charge in [-0.15, -0.1) is 0 Å². The second kappa shape index (κ2) is 7.80. The number of rotatable bonds is 8. The van der Waals surface area contributed by atoms with E-state index in [9.17, 15) is 0 Å². The molecule has 2 aromatic heterocycles. The number of nitrogens with zero attached hydrogens (tertiary/aromatic N) is 3. The van der Waals surface area contributed by atoms with Gasteiger partial charge in [0.15, 0.2) is 0 Å². The molecule has 2 rings (SSSR count). The highest BCUT2D eigenvalue weighted by Gasteiger charge is 2.12. The van der Waals surface area contributed by atoms with Gasteiger partial charge in [0.25, 0.3) is 0 Å². The summed E-state index contributed by atoms with van der Waals surface area (Å²) in [6.45, 7) is 6.26. The molecule has 0 spiro atoms. The van der Waals surface area contributed by atoms with E-state index in [2.05, 4.69) is 41.5 Å². The second-order valence-electron chi connectivity index (χ2n) is 5.01. The number of pyridine rings is 1. The Balaban J connectivity index is 1.98. The summed E-state index contributed by atoms with van der Waals surface area (Å²) in [6, 6.07) is 6.44. The minimum absolute atomic E-state index is 0.354. The van der Waals surface area contributed by atoms with Crippen molar-refractivity contribution in [3.05, 3.63) is 48.0 Å². The first-order valence-electron chi connectivity index (χ1n) is 7.49. The van der Waals surface area contributed by atoms with Crippen molar-refractivity contribution in [1.82, 2.24) is 20.1 Å². The average molecular weight is 272 g/mol. The van der Waals surface area contributed by atoms with Gasteiger partial charge in [-0.25, -0.2) is 0 Å². The Bertz CT molecular complexity index is 492. The van der Waals surface area contributed by atoms with E-state index < -0.39 is 0 Å². The molecule has 0 saturated carbocycles. The highest BCUT2D eigenvalue weighted by atomic mass is 15.3. The number of nitrogens with one attached hydrogen (secondary N) is 1. The van der Waals surface area contributed by atoms with Crippen molar-refractivity contribution in [2.75, 3.05) is 6.54 Å². The predicted molar refractivity (Wildman–Crippen MR) is 81.5 cm³/mol. The van der Waals surface area contributed by atoms with Crippen molar-refractivity contribution in [1.29, 1.82) is 0 Å². The molecule has 1 unspecified atom stereocenters. The van der Waals surface area contributed by atoms with Gasteiger partial charge in [0.05, 0.1) is 6.20 Å². The molecular weight excluding hydrogens is 248 g/mol. The first kappa shape index (κ1) is 14.7. The third kappa shape index (κ3) is 4.17. The molecule has 2 heterocycles. The van der Waals surface area contributed by atoms with Crippen LogP contribution in [-0.2, 0) is 13.0 Å². The molecule has 0 fully saturated rings. The average Bonchev–Trinajstić information content (AvgIpc) is 2.93. The monoisotopic (exact) mass is 272 g/mol. The number of aromatic nitrogens is 3. The molecule has 0 aliphatic heterocycles. The van der Waals surface area contributed by atoms with Crippen LogP contribution in [0.3, 0.4) is 0 Å². The number of aryl methyl sites for hydroxylation is 2. The summed E-state index contributed by atoms with van der Waals surface area (Å²) in [7, 11) is 0. The molecule has 0 aromatic carbocycles. The largest absolute Gasteiger partial charge is 0.310 e.